The van der Waals surface area contributed by atoms with Crippen LogP contribution in [0.2, 0.25) is 0 Å². The Kier molecular flexibility index (Phi) is 3.50. The lowest BCUT2D eigenvalue weighted by molar-refractivity contribution is -0.0875. The molecule has 4 atom stereocenters. The summed E-state index contributed by atoms with van der Waals surface area (Å²) >= 11 is 1.54. The molecule has 0 aromatic rings. The van der Waals surface area contributed by atoms with Gasteiger partial charge in [0.1, 0.15) is 11.5 Å². The van der Waals surface area contributed by atoms with Crippen molar-refractivity contribution in [2.24, 2.45) is 4.99 Å². The molecule has 0 aromatic heterocycles. The van der Waals surface area contributed by atoms with Crippen LogP contribution < -0.4 is 0 Å². The van der Waals surface area contributed by atoms with Gasteiger partial charge in [0.15, 0.2) is 5.17 Å². The number of hydrogen-bond donors (Lipinski definition) is 2. The molecular formula is C11H18N2O4S. The highest BCUT2D eigenvalue weighted by atomic mass is 32.2. The molecule has 2 saturated heterocycles. The van der Waals surface area contributed by atoms with Crippen molar-refractivity contribution in [1.82, 2.24) is 4.90 Å². The minimum atomic E-state index is -0.523. The molecule has 2 unspecified atom stereocenters. The second-order valence-corrected chi connectivity index (χ2v) is 5.96. The van der Waals surface area contributed by atoms with E-state index in [1.807, 2.05) is 0 Å². The average Bonchev–Trinajstić information content (AvgIpc) is 2.71. The Morgan fingerprint density at radius 1 is 1.56 bits per heavy atom. The normalized spacial score (nSPS) is 40.4. The number of aliphatic hydroxyl groups excluding tert-OH is 2. The molecule has 2 N–H and O–H groups in total. The molecule has 3 heterocycles. The first-order valence-corrected chi connectivity index (χ1v) is 7.06. The maximum absolute atomic E-state index is 10.0. The van der Waals surface area contributed by atoms with Gasteiger partial charge < -0.3 is 24.6 Å². The van der Waals surface area contributed by atoms with Crippen molar-refractivity contribution in [2.75, 3.05) is 26.8 Å². The lowest BCUT2D eigenvalue weighted by Crippen LogP contribution is -2.53. The molecular weight excluding hydrogens is 256 g/mol. The number of amidine groups is 1. The number of thioether (sulfide) groups is 1. The number of aliphatic imine (C=N–C) groups is 1. The van der Waals surface area contributed by atoms with Crippen LogP contribution in [-0.4, -0.2) is 76.9 Å². The van der Waals surface area contributed by atoms with Crippen LogP contribution in [0.5, 0.6) is 0 Å². The van der Waals surface area contributed by atoms with Crippen molar-refractivity contribution in [2.45, 2.75) is 36.2 Å². The zero-order valence-corrected chi connectivity index (χ0v) is 11.0. The zero-order chi connectivity index (χ0) is 12.7. The molecule has 3 aliphatic rings. The van der Waals surface area contributed by atoms with E-state index in [0.717, 1.165) is 18.3 Å². The van der Waals surface area contributed by atoms with E-state index in [9.17, 15) is 5.11 Å². The third-order valence-electron chi connectivity index (χ3n) is 3.64. The molecule has 0 aliphatic carbocycles. The summed E-state index contributed by atoms with van der Waals surface area (Å²) in [5.74, 6) is 0. The Morgan fingerprint density at radius 3 is 3.00 bits per heavy atom. The van der Waals surface area contributed by atoms with E-state index in [1.54, 1.807) is 18.9 Å². The minimum absolute atomic E-state index is 0.0500. The molecule has 0 saturated carbocycles. The van der Waals surface area contributed by atoms with E-state index in [2.05, 4.69) is 9.89 Å². The van der Waals surface area contributed by atoms with Gasteiger partial charge in [-0.25, -0.2) is 0 Å². The molecule has 2 fully saturated rings. The van der Waals surface area contributed by atoms with E-state index in [4.69, 9.17) is 14.6 Å². The highest BCUT2D eigenvalue weighted by Crippen LogP contribution is 2.38. The Morgan fingerprint density at radius 2 is 2.33 bits per heavy atom. The van der Waals surface area contributed by atoms with Gasteiger partial charge in [0, 0.05) is 26.6 Å². The van der Waals surface area contributed by atoms with Crippen LogP contribution in [0.3, 0.4) is 0 Å². The number of likely N-dealkylation sites (tertiary alicyclic amines) is 1. The van der Waals surface area contributed by atoms with Gasteiger partial charge in [0.2, 0.25) is 0 Å². The summed E-state index contributed by atoms with van der Waals surface area (Å²) in [5.41, 5.74) is -0.164. The van der Waals surface area contributed by atoms with Crippen molar-refractivity contribution in [3.63, 3.8) is 0 Å². The minimum Gasteiger partial charge on any atom is -0.394 e. The summed E-state index contributed by atoms with van der Waals surface area (Å²) in [5, 5.41) is 20.1. The van der Waals surface area contributed by atoms with Gasteiger partial charge in [-0.3, -0.25) is 4.99 Å². The molecule has 102 valence electrons. The molecule has 0 radical (unpaired) electrons. The lowest BCUT2D eigenvalue weighted by Gasteiger charge is -2.39. The molecule has 0 spiro atoms. The van der Waals surface area contributed by atoms with Crippen molar-refractivity contribution < 1.29 is 19.7 Å². The number of aliphatic hydroxyl groups is 2. The smallest absolute Gasteiger partial charge is 0.162 e. The van der Waals surface area contributed by atoms with Crippen molar-refractivity contribution in [1.29, 1.82) is 0 Å². The summed E-state index contributed by atoms with van der Waals surface area (Å²) in [6, 6.07) is -0.200. The summed E-state index contributed by atoms with van der Waals surface area (Å²) < 4.78 is 10.9. The fourth-order valence-electron chi connectivity index (χ4n) is 2.44. The van der Waals surface area contributed by atoms with Crippen LogP contribution in [-0.2, 0) is 9.47 Å². The number of methoxy groups -OCH3 is 1. The van der Waals surface area contributed by atoms with Crippen molar-refractivity contribution in [3.8, 4) is 0 Å². The van der Waals surface area contributed by atoms with Crippen LogP contribution in [0.1, 0.15) is 6.42 Å². The molecule has 0 amide bonds. The van der Waals surface area contributed by atoms with Gasteiger partial charge in [0.25, 0.3) is 0 Å². The second kappa shape index (κ2) is 4.97. The predicted molar refractivity (Wildman–Crippen MR) is 67.6 cm³/mol. The van der Waals surface area contributed by atoms with Crippen LogP contribution in [0, 0.1) is 0 Å². The Labute approximate surface area is 110 Å². The van der Waals surface area contributed by atoms with Crippen molar-refractivity contribution >= 4 is 16.9 Å². The standard InChI is InChI=1S/C11H18N2O4S/c1-16-7-3-13(4-7)11-12-9-8(15)2-6(5-14)17-10(9)18-11/h6-10,14-15H,2-5H2,1H3/t6?,8?,9-,10-/m1/s1. The predicted octanol–water partition coefficient (Wildman–Crippen LogP) is -0.743. The van der Waals surface area contributed by atoms with E-state index in [-0.39, 0.29) is 30.3 Å². The molecule has 0 bridgehead atoms. The maximum Gasteiger partial charge on any atom is 0.162 e. The number of nitrogens with zero attached hydrogens (tertiary/aromatic N) is 2. The van der Waals surface area contributed by atoms with Gasteiger partial charge in [0.05, 0.1) is 24.9 Å². The largest absolute Gasteiger partial charge is 0.394 e. The third kappa shape index (κ3) is 2.14. The zero-order valence-electron chi connectivity index (χ0n) is 10.2. The number of hydrogen-bond acceptors (Lipinski definition) is 7. The van der Waals surface area contributed by atoms with Crippen LogP contribution in [0.15, 0.2) is 4.99 Å². The quantitative estimate of drug-likeness (QED) is 0.691. The van der Waals surface area contributed by atoms with E-state index >= 15 is 0 Å². The summed E-state index contributed by atoms with van der Waals surface area (Å²) in [6.07, 6.45) is -0.0563. The van der Waals surface area contributed by atoms with Crippen LogP contribution in [0.25, 0.3) is 0 Å². The van der Waals surface area contributed by atoms with E-state index < -0.39 is 6.10 Å². The molecule has 6 nitrogen and oxygen atoms in total. The van der Waals surface area contributed by atoms with Gasteiger partial charge >= 0.3 is 0 Å². The van der Waals surface area contributed by atoms with Gasteiger partial charge in [-0.2, -0.15) is 0 Å². The maximum atomic E-state index is 10.0. The summed E-state index contributed by atoms with van der Waals surface area (Å²) in [4.78, 5) is 6.68. The SMILES string of the molecule is COC1CN(C2=N[C@@H]3C(O)CC(CO)O[C@@H]3S2)C1. The van der Waals surface area contributed by atoms with E-state index in [1.165, 1.54) is 0 Å². The number of ether oxygens (including phenoxy) is 2. The third-order valence-corrected chi connectivity index (χ3v) is 4.84. The van der Waals surface area contributed by atoms with Gasteiger partial charge in [-0.05, 0) is 0 Å². The summed E-state index contributed by atoms with van der Waals surface area (Å²) in [6.45, 7) is 1.65. The Hall–Kier alpha value is -0.340. The van der Waals surface area contributed by atoms with Crippen molar-refractivity contribution in [3.05, 3.63) is 0 Å². The highest BCUT2D eigenvalue weighted by Gasteiger charge is 2.45. The van der Waals surface area contributed by atoms with Gasteiger partial charge in [-0.1, -0.05) is 11.8 Å². The topological polar surface area (TPSA) is 74.5 Å². The molecule has 3 rings (SSSR count). The molecule has 18 heavy (non-hydrogen) atoms. The lowest BCUT2D eigenvalue weighted by atomic mass is 10.0. The summed E-state index contributed by atoms with van der Waals surface area (Å²) in [7, 11) is 1.71. The first-order chi connectivity index (χ1) is 8.71. The number of fused-ring (bicyclic) bond motifs is 1. The van der Waals surface area contributed by atoms with Gasteiger partial charge in [-0.15, -0.1) is 0 Å². The second-order valence-electron chi connectivity index (χ2n) is 4.89. The van der Waals surface area contributed by atoms with Crippen LogP contribution in [0.4, 0.5) is 0 Å². The first kappa shape index (κ1) is 12.7. The monoisotopic (exact) mass is 274 g/mol. The first-order valence-electron chi connectivity index (χ1n) is 6.18. The van der Waals surface area contributed by atoms with Crippen LogP contribution >= 0.6 is 11.8 Å². The average molecular weight is 274 g/mol. The molecule has 0 aromatic carbocycles. The highest BCUT2D eigenvalue weighted by molar-refractivity contribution is 8.14. The molecule has 3 aliphatic heterocycles. The Balaban J connectivity index is 1.62. The molecule has 7 heteroatoms. The Bertz CT molecular complexity index is 348. The van der Waals surface area contributed by atoms with E-state index in [0.29, 0.717) is 6.42 Å². The number of rotatable bonds is 2. The fraction of sp³-hybridized carbons (Fsp3) is 0.909. The fourth-order valence-corrected chi connectivity index (χ4v) is 3.72.